The van der Waals surface area contributed by atoms with Crippen molar-refractivity contribution in [3.8, 4) is 0 Å². The van der Waals surface area contributed by atoms with Crippen LogP contribution in [-0.4, -0.2) is 26.4 Å². The normalized spacial score (nSPS) is 11.5. The molecule has 0 saturated heterocycles. The van der Waals surface area contributed by atoms with E-state index >= 15 is 0 Å². The van der Waals surface area contributed by atoms with Crippen molar-refractivity contribution in [3.05, 3.63) is 12.0 Å². The van der Waals surface area contributed by atoms with Gasteiger partial charge in [-0.2, -0.15) is 5.10 Å². The van der Waals surface area contributed by atoms with Gasteiger partial charge in [0, 0.05) is 13.7 Å². The van der Waals surface area contributed by atoms with Gasteiger partial charge in [0.15, 0.2) is 11.5 Å². The number of ether oxygens (including phenoxy) is 1. The predicted molar refractivity (Wildman–Crippen MR) is 65.2 cm³/mol. The highest BCUT2D eigenvalue weighted by Crippen LogP contribution is 2.16. The summed E-state index contributed by atoms with van der Waals surface area (Å²) < 4.78 is 7.17. The van der Waals surface area contributed by atoms with Crippen LogP contribution in [0.25, 0.3) is 11.0 Å². The Kier molecular flexibility index (Phi) is 3.23. The summed E-state index contributed by atoms with van der Waals surface area (Å²) in [6.07, 6.45) is 1.67. The first kappa shape index (κ1) is 11.8. The third kappa shape index (κ3) is 2.52. The molecule has 2 aromatic rings. The summed E-state index contributed by atoms with van der Waals surface area (Å²) in [4.78, 5) is 8.58. The van der Waals surface area contributed by atoms with E-state index in [1.165, 1.54) is 0 Å². The summed E-state index contributed by atoms with van der Waals surface area (Å²) in [5.41, 5.74) is 6.58. The minimum absolute atomic E-state index is 0.378. The van der Waals surface area contributed by atoms with E-state index in [0.29, 0.717) is 30.8 Å². The van der Waals surface area contributed by atoms with E-state index in [1.54, 1.807) is 10.9 Å². The molecule has 0 amide bonds. The third-order valence-electron chi connectivity index (χ3n) is 2.35. The molecule has 0 atom stereocenters. The quantitative estimate of drug-likeness (QED) is 0.859. The maximum Gasteiger partial charge on any atom is 0.163 e. The Labute approximate surface area is 99.8 Å². The highest BCUT2D eigenvalue weighted by molar-refractivity contribution is 5.84. The van der Waals surface area contributed by atoms with E-state index in [1.807, 2.05) is 7.05 Å². The minimum Gasteiger partial charge on any atom is -0.383 e. The first-order valence-electron chi connectivity index (χ1n) is 5.59. The molecule has 6 heteroatoms. The Bertz CT molecular complexity index is 520. The summed E-state index contributed by atoms with van der Waals surface area (Å²) >= 11 is 0. The van der Waals surface area contributed by atoms with Crippen molar-refractivity contribution in [2.45, 2.75) is 20.5 Å². The van der Waals surface area contributed by atoms with Crippen LogP contribution in [0.3, 0.4) is 0 Å². The minimum atomic E-state index is 0.378. The number of aromatic nitrogens is 4. The molecule has 0 unspecified atom stereocenters. The summed E-state index contributed by atoms with van der Waals surface area (Å²) in [7, 11) is 1.83. The van der Waals surface area contributed by atoms with Crippen molar-refractivity contribution in [1.82, 2.24) is 19.7 Å². The Morgan fingerprint density at radius 2 is 2.18 bits per heavy atom. The van der Waals surface area contributed by atoms with Crippen molar-refractivity contribution < 1.29 is 4.74 Å². The second kappa shape index (κ2) is 4.67. The molecule has 92 valence electrons. The van der Waals surface area contributed by atoms with Crippen LogP contribution in [0.1, 0.15) is 19.7 Å². The number of nitrogens with zero attached hydrogens (tertiary/aromatic N) is 4. The summed E-state index contributed by atoms with van der Waals surface area (Å²) in [6, 6.07) is 0. The van der Waals surface area contributed by atoms with E-state index in [9.17, 15) is 0 Å². The van der Waals surface area contributed by atoms with Crippen LogP contribution in [0.2, 0.25) is 0 Å². The molecule has 2 N–H and O–H groups in total. The molecule has 0 spiro atoms. The van der Waals surface area contributed by atoms with Crippen molar-refractivity contribution in [2.75, 3.05) is 12.3 Å². The molecule has 17 heavy (non-hydrogen) atoms. The largest absolute Gasteiger partial charge is 0.383 e. The zero-order valence-electron chi connectivity index (χ0n) is 10.3. The molecule has 0 aliphatic heterocycles. The van der Waals surface area contributed by atoms with Crippen molar-refractivity contribution in [2.24, 2.45) is 13.0 Å². The van der Waals surface area contributed by atoms with E-state index in [2.05, 4.69) is 28.9 Å². The lowest BCUT2D eigenvalue weighted by Crippen LogP contribution is -2.07. The van der Waals surface area contributed by atoms with Crippen LogP contribution in [0.5, 0.6) is 0 Å². The van der Waals surface area contributed by atoms with Crippen LogP contribution in [0, 0.1) is 5.92 Å². The number of aryl methyl sites for hydroxylation is 1. The summed E-state index contributed by atoms with van der Waals surface area (Å²) in [5.74, 6) is 1.54. The van der Waals surface area contributed by atoms with Gasteiger partial charge in [-0.3, -0.25) is 4.68 Å². The van der Waals surface area contributed by atoms with Gasteiger partial charge in [-0.1, -0.05) is 13.8 Å². The van der Waals surface area contributed by atoms with Gasteiger partial charge in [-0.15, -0.1) is 0 Å². The van der Waals surface area contributed by atoms with Crippen LogP contribution in [0.4, 0.5) is 5.82 Å². The van der Waals surface area contributed by atoms with E-state index in [-0.39, 0.29) is 0 Å². The molecular weight excluding hydrogens is 218 g/mol. The molecule has 2 aromatic heterocycles. The number of hydrogen-bond donors (Lipinski definition) is 1. The van der Waals surface area contributed by atoms with Crippen LogP contribution in [0.15, 0.2) is 6.20 Å². The maximum atomic E-state index is 5.84. The molecular formula is C11H17N5O. The zero-order chi connectivity index (χ0) is 12.4. The highest BCUT2D eigenvalue weighted by atomic mass is 16.5. The number of anilines is 1. The molecule has 6 nitrogen and oxygen atoms in total. The van der Waals surface area contributed by atoms with Gasteiger partial charge in [-0.25, -0.2) is 9.97 Å². The Morgan fingerprint density at radius 1 is 1.41 bits per heavy atom. The average molecular weight is 235 g/mol. The fourth-order valence-electron chi connectivity index (χ4n) is 1.54. The third-order valence-corrected chi connectivity index (χ3v) is 2.35. The monoisotopic (exact) mass is 235 g/mol. The molecule has 0 radical (unpaired) electrons. The van der Waals surface area contributed by atoms with Crippen LogP contribution >= 0.6 is 0 Å². The standard InChI is InChI=1S/C11H17N5O/c1-7(2)5-17-6-9-14-10(12)8-4-13-16(3)11(8)15-9/h4,7H,5-6H2,1-3H3,(H2,12,14,15). The SMILES string of the molecule is CC(C)COCc1nc(N)c2cnn(C)c2n1. The summed E-state index contributed by atoms with van der Waals surface area (Å²) in [5, 5.41) is 4.88. The number of nitrogens with two attached hydrogens (primary N) is 1. The second-order valence-corrected chi connectivity index (χ2v) is 4.44. The first-order chi connectivity index (χ1) is 8.08. The van der Waals surface area contributed by atoms with Crippen LogP contribution < -0.4 is 5.73 Å². The molecule has 0 aliphatic carbocycles. The number of rotatable bonds is 4. The zero-order valence-corrected chi connectivity index (χ0v) is 10.3. The molecule has 0 bridgehead atoms. The topological polar surface area (TPSA) is 78.9 Å². The van der Waals surface area contributed by atoms with E-state index in [0.717, 1.165) is 11.0 Å². The Balaban J connectivity index is 2.20. The lowest BCUT2D eigenvalue weighted by Gasteiger charge is -2.06. The second-order valence-electron chi connectivity index (χ2n) is 4.44. The smallest absolute Gasteiger partial charge is 0.163 e. The highest BCUT2D eigenvalue weighted by Gasteiger charge is 2.09. The van der Waals surface area contributed by atoms with E-state index in [4.69, 9.17) is 10.5 Å². The predicted octanol–water partition coefficient (Wildman–Crippen LogP) is 1.12. The van der Waals surface area contributed by atoms with Gasteiger partial charge >= 0.3 is 0 Å². The Morgan fingerprint density at radius 3 is 2.88 bits per heavy atom. The Hall–Kier alpha value is -1.69. The lowest BCUT2D eigenvalue weighted by molar-refractivity contribution is 0.0925. The number of hydrogen-bond acceptors (Lipinski definition) is 5. The molecule has 2 rings (SSSR count). The fraction of sp³-hybridized carbons (Fsp3) is 0.545. The lowest BCUT2D eigenvalue weighted by atomic mass is 10.2. The maximum absolute atomic E-state index is 5.84. The van der Waals surface area contributed by atoms with Gasteiger partial charge in [0.05, 0.1) is 11.6 Å². The molecule has 0 aliphatic rings. The van der Waals surface area contributed by atoms with Gasteiger partial charge in [0.1, 0.15) is 12.4 Å². The first-order valence-corrected chi connectivity index (χ1v) is 5.59. The van der Waals surface area contributed by atoms with Gasteiger partial charge in [-0.05, 0) is 5.92 Å². The molecule has 2 heterocycles. The van der Waals surface area contributed by atoms with Crippen molar-refractivity contribution >= 4 is 16.9 Å². The number of nitrogen functional groups attached to an aromatic ring is 1. The van der Waals surface area contributed by atoms with Gasteiger partial charge in [0.25, 0.3) is 0 Å². The van der Waals surface area contributed by atoms with E-state index < -0.39 is 0 Å². The van der Waals surface area contributed by atoms with Gasteiger partial charge in [0.2, 0.25) is 0 Å². The fourth-order valence-corrected chi connectivity index (χ4v) is 1.54. The molecule has 0 fully saturated rings. The van der Waals surface area contributed by atoms with Crippen LogP contribution in [-0.2, 0) is 18.4 Å². The molecule has 0 aromatic carbocycles. The van der Waals surface area contributed by atoms with Crippen molar-refractivity contribution in [1.29, 1.82) is 0 Å². The average Bonchev–Trinajstić information content (AvgIpc) is 2.61. The van der Waals surface area contributed by atoms with Crippen molar-refractivity contribution in [3.63, 3.8) is 0 Å². The molecule has 0 saturated carbocycles. The number of fused-ring (bicyclic) bond motifs is 1. The van der Waals surface area contributed by atoms with Gasteiger partial charge < -0.3 is 10.5 Å². The summed E-state index contributed by atoms with van der Waals surface area (Å²) in [6.45, 7) is 5.26.